The highest BCUT2D eigenvalue weighted by Gasteiger charge is 2.66. The third-order valence-electron chi connectivity index (χ3n) is 23.4. The minimum absolute atomic E-state index is 0. The number of ether oxygens (including phenoxy) is 8. The summed E-state index contributed by atoms with van der Waals surface area (Å²) in [6.45, 7) is 25.7. The quantitative estimate of drug-likeness (QED) is 0.131. The Kier molecular flexibility index (Phi) is 27.9. The standard InChI is InChI=1S/4C16H24O4.8CH4/c1-4-15(2,3)14(18)20-12-6-11-5-10(12)7-16(11)8-13(17)19-9-16;1-4-15(2,3)14(18)20-12-6-10-5-11(12)16(7-10)8-13(17)19-9-16;1-4-15(2,3)13(17)20-12-8-11-7-10(12)9-16(11)5-6-19-14(16)18;1-4-15(2,3)13(17)20-12-8-10-7-11(12)16(9-10)5-6-19-14(16)18;;;;;;;;/h4*10-12H,4-9H2,1-3H3;8*1H4. The Labute approximate surface area is 534 Å². The topological polar surface area (TPSA) is 210 Å². The zero-order valence-corrected chi connectivity index (χ0v) is 50.4. The summed E-state index contributed by atoms with van der Waals surface area (Å²) in [4.78, 5) is 95.9. The summed E-state index contributed by atoms with van der Waals surface area (Å²) in [7, 11) is 0. The van der Waals surface area contributed by atoms with Crippen LogP contribution in [0.2, 0.25) is 0 Å². The normalized spacial score (nSPS) is 35.8. The van der Waals surface area contributed by atoms with Crippen LogP contribution in [0.5, 0.6) is 0 Å². The van der Waals surface area contributed by atoms with Crippen molar-refractivity contribution in [3.8, 4) is 0 Å². The van der Waals surface area contributed by atoms with Gasteiger partial charge in [-0.05, 0) is 206 Å². The predicted octanol–water partition coefficient (Wildman–Crippen LogP) is 15.9. The van der Waals surface area contributed by atoms with Gasteiger partial charge in [-0.3, -0.25) is 38.4 Å². The van der Waals surface area contributed by atoms with Crippen LogP contribution in [0, 0.1) is 90.7 Å². The molecule has 8 bridgehead atoms. The van der Waals surface area contributed by atoms with Crippen LogP contribution in [-0.2, 0) is 76.3 Å². The number of esters is 8. The second-order valence-corrected chi connectivity index (χ2v) is 29.8. The van der Waals surface area contributed by atoms with Gasteiger partial charge in [0.1, 0.15) is 24.4 Å². The molecule has 0 radical (unpaired) electrons. The van der Waals surface area contributed by atoms with Gasteiger partial charge in [0.25, 0.3) is 0 Å². The molecular weight excluding hydrogens is 1120 g/mol. The van der Waals surface area contributed by atoms with Crippen LogP contribution in [0.4, 0.5) is 0 Å². The molecule has 16 heteroatoms. The summed E-state index contributed by atoms with van der Waals surface area (Å²) in [5.41, 5.74) is -2.23. The lowest BCUT2D eigenvalue weighted by molar-refractivity contribution is -0.169. The van der Waals surface area contributed by atoms with Gasteiger partial charge < -0.3 is 37.9 Å². The zero-order chi connectivity index (χ0) is 58.2. The molecule has 0 N–H and O–H groups in total. The zero-order valence-electron chi connectivity index (χ0n) is 50.4. The van der Waals surface area contributed by atoms with Crippen molar-refractivity contribution in [1.29, 1.82) is 0 Å². The van der Waals surface area contributed by atoms with Gasteiger partial charge in [-0.1, -0.05) is 87.1 Å². The van der Waals surface area contributed by atoms with E-state index in [-0.39, 0.29) is 159 Å². The summed E-state index contributed by atoms with van der Waals surface area (Å²) >= 11 is 0. The van der Waals surface area contributed by atoms with E-state index in [0.29, 0.717) is 80.7 Å². The molecule has 8 aliphatic carbocycles. The maximum Gasteiger partial charge on any atom is 0.312 e. The average Bonchev–Trinajstić information content (AvgIpc) is 1.65. The average molecular weight is 1250 g/mol. The van der Waals surface area contributed by atoms with Gasteiger partial charge in [-0.25, -0.2) is 0 Å². The van der Waals surface area contributed by atoms with E-state index in [2.05, 4.69) is 0 Å². The molecule has 0 aromatic carbocycles. The summed E-state index contributed by atoms with van der Waals surface area (Å²) in [6, 6.07) is 0. The largest absolute Gasteiger partial charge is 0.465 e. The molecule has 8 saturated carbocycles. The van der Waals surface area contributed by atoms with E-state index in [1.54, 1.807) is 0 Å². The number of hydrogen-bond acceptors (Lipinski definition) is 16. The molecule has 512 valence electrons. The highest BCUT2D eigenvalue weighted by Crippen LogP contribution is 2.64. The molecule has 16 atom stereocenters. The molecule has 0 amide bonds. The Morgan fingerprint density at radius 1 is 0.409 bits per heavy atom. The van der Waals surface area contributed by atoms with Crippen LogP contribution in [0.25, 0.3) is 0 Å². The second-order valence-electron chi connectivity index (χ2n) is 29.8. The SMILES string of the molecule is C.C.C.C.C.C.C.C.CCC(C)(C)C(=O)OC1CC2CC1C1(CCOC1=O)C2.CCC(C)(C)C(=O)OC1CC2CC1C1(COC(=O)C1)C2.CCC(C)(C)C(=O)OC1CC2CC1CC21CCOC1=O.CCC(C)(C)C(=O)OC1CC2CC1CC21COC(=O)C1. The van der Waals surface area contributed by atoms with Crippen molar-refractivity contribution in [3.63, 3.8) is 0 Å². The van der Waals surface area contributed by atoms with Gasteiger partial charge in [0.2, 0.25) is 0 Å². The van der Waals surface area contributed by atoms with E-state index in [1.165, 1.54) is 0 Å². The van der Waals surface area contributed by atoms with E-state index in [4.69, 9.17) is 37.9 Å². The Hall–Kier alpha value is -4.24. The first-order valence-corrected chi connectivity index (χ1v) is 31.0. The van der Waals surface area contributed by atoms with Crippen molar-refractivity contribution in [1.82, 2.24) is 0 Å². The van der Waals surface area contributed by atoms with Gasteiger partial charge in [0.05, 0.1) is 71.8 Å². The molecule has 12 rings (SSSR count). The first-order valence-electron chi connectivity index (χ1n) is 31.0. The Morgan fingerprint density at radius 2 is 0.773 bits per heavy atom. The summed E-state index contributed by atoms with van der Waals surface area (Å²) in [6.07, 6.45) is 17.5. The summed E-state index contributed by atoms with van der Waals surface area (Å²) in [5, 5.41) is 0. The van der Waals surface area contributed by atoms with E-state index in [1.807, 2.05) is 83.1 Å². The molecule has 0 aromatic rings. The smallest absolute Gasteiger partial charge is 0.312 e. The monoisotopic (exact) mass is 1250 g/mol. The van der Waals surface area contributed by atoms with E-state index in [0.717, 1.165) is 116 Å². The fraction of sp³-hybridized carbons (Fsp3) is 0.889. The molecule has 12 fully saturated rings. The van der Waals surface area contributed by atoms with Crippen LogP contribution in [0.3, 0.4) is 0 Å². The molecule has 12 aliphatic rings. The molecule has 0 aromatic heterocycles. The fourth-order valence-corrected chi connectivity index (χ4v) is 16.6. The van der Waals surface area contributed by atoms with Gasteiger partial charge in [-0.15, -0.1) is 0 Å². The number of carbonyl (C=O) groups is 8. The van der Waals surface area contributed by atoms with Gasteiger partial charge in [-0.2, -0.15) is 0 Å². The lowest BCUT2D eigenvalue weighted by Crippen LogP contribution is -2.42. The van der Waals surface area contributed by atoms with Crippen LogP contribution >= 0.6 is 0 Å². The number of rotatable bonds is 12. The molecule has 16 unspecified atom stereocenters. The molecular formula is C72H128O16. The van der Waals surface area contributed by atoms with Gasteiger partial charge >= 0.3 is 47.8 Å². The fourth-order valence-electron chi connectivity index (χ4n) is 16.6. The Bertz CT molecular complexity index is 2430. The number of carbonyl (C=O) groups excluding carboxylic acids is 8. The van der Waals surface area contributed by atoms with Crippen LogP contribution in [0.1, 0.15) is 271 Å². The molecule has 4 spiro atoms. The van der Waals surface area contributed by atoms with Crippen molar-refractivity contribution in [3.05, 3.63) is 0 Å². The minimum Gasteiger partial charge on any atom is -0.465 e. The van der Waals surface area contributed by atoms with Crippen molar-refractivity contribution >= 4 is 47.8 Å². The molecule has 4 saturated heterocycles. The van der Waals surface area contributed by atoms with Gasteiger partial charge in [0.15, 0.2) is 0 Å². The number of hydrogen-bond donors (Lipinski definition) is 0. The van der Waals surface area contributed by atoms with Crippen molar-refractivity contribution in [2.24, 2.45) is 90.7 Å². The predicted molar refractivity (Wildman–Crippen MR) is 345 cm³/mol. The highest BCUT2D eigenvalue weighted by molar-refractivity contribution is 5.82. The minimum atomic E-state index is -0.439. The number of cyclic esters (lactones) is 4. The van der Waals surface area contributed by atoms with Crippen molar-refractivity contribution in [2.45, 2.75) is 295 Å². The Morgan fingerprint density at radius 3 is 1.11 bits per heavy atom. The third-order valence-corrected chi connectivity index (χ3v) is 23.4. The summed E-state index contributed by atoms with van der Waals surface area (Å²) in [5.74, 6) is 2.61. The van der Waals surface area contributed by atoms with Gasteiger partial charge in [0, 0.05) is 22.7 Å². The lowest BCUT2D eigenvalue weighted by atomic mass is 9.71. The molecule has 88 heavy (non-hydrogen) atoms. The van der Waals surface area contributed by atoms with E-state index >= 15 is 0 Å². The maximum atomic E-state index is 12.3. The van der Waals surface area contributed by atoms with Crippen molar-refractivity contribution < 1.29 is 76.3 Å². The molecule has 4 aliphatic heterocycles. The third kappa shape index (κ3) is 15.1. The molecule has 16 nitrogen and oxygen atoms in total. The second kappa shape index (κ2) is 30.0. The lowest BCUT2D eigenvalue weighted by Gasteiger charge is -2.37. The van der Waals surface area contributed by atoms with Crippen molar-refractivity contribution in [2.75, 3.05) is 26.4 Å². The molecule has 4 heterocycles. The highest BCUT2D eigenvalue weighted by atomic mass is 16.6. The summed E-state index contributed by atoms with van der Waals surface area (Å²) < 4.78 is 43.9. The van der Waals surface area contributed by atoms with E-state index < -0.39 is 21.7 Å². The Balaban J connectivity index is 0.000000569. The number of fused-ring (bicyclic) bond motifs is 12. The van der Waals surface area contributed by atoms with Crippen LogP contribution in [0.15, 0.2) is 0 Å². The first-order chi connectivity index (χ1) is 37.5. The van der Waals surface area contributed by atoms with Crippen LogP contribution < -0.4 is 0 Å². The van der Waals surface area contributed by atoms with E-state index in [9.17, 15) is 38.4 Å². The maximum absolute atomic E-state index is 12.3. The first kappa shape index (κ1) is 81.8. The van der Waals surface area contributed by atoms with Crippen LogP contribution in [-0.4, -0.2) is 98.6 Å².